The molecule has 188 valence electrons. The Morgan fingerprint density at radius 2 is 1.86 bits per heavy atom. The quantitative estimate of drug-likeness (QED) is 0.567. The van der Waals surface area contributed by atoms with Gasteiger partial charge in [-0.25, -0.2) is 0 Å². The summed E-state index contributed by atoms with van der Waals surface area (Å²) in [6.45, 7) is 7.39. The van der Waals surface area contributed by atoms with Gasteiger partial charge < -0.3 is 14.8 Å². The molecular formula is C28H38ClN5O. The number of nitrogens with zero attached hydrogens (tertiary/aromatic N) is 4. The maximum Gasteiger partial charge on any atom is 0.217 e. The van der Waals surface area contributed by atoms with Gasteiger partial charge in [0.2, 0.25) is 5.91 Å². The third-order valence-electron chi connectivity index (χ3n) is 7.51. The van der Waals surface area contributed by atoms with E-state index < -0.39 is 0 Å². The second kappa shape index (κ2) is 11.0. The first kappa shape index (κ1) is 25.5. The van der Waals surface area contributed by atoms with E-state index in [0.29, 0.717) is 10.9 Å². The lowest BCUT2D eigenvalue weighted by Crippen LogP contribution is -2.44. The van der Waals surface area contributed by atoms with Crippen LogP contribution in [0.2, 0.25) is 5.02 Å². The fourth-order valence-electron chi connectivity index (χ4n) is 5.55. The van der Waals surface area contributed by atoms with E-state index >= 15 is 0 Å². The lowest BCUT2D eigenvalue weighted by molar-refractivity contribution is -0.119. The van der Waals surface area contributed by atoms with Crippen LogP contribution in [-0.4, -0.2) is 39.8 Å². The highest BCUT2D eigenvalue weighted by atomic mass is 35.5. The number of anilines is 1. The molecular weight excluding hydrogens is 458 g/mol. The van der Waals surface area contributed by atoms with Crippen LogP contribution in [0.15, 0.2) is 42.5 Å². The van der Waals surface area contributed by atoms with E-state index in [1.165, 1.54) is 0 Å². The van der Waals surface area contributed by atoms with Crippen LogP contribution in [0.25, 0.3) is 11.4 Å². The van der Waals surface area contributed by atoms with Crippen molar-refractivity contribution in [3.8, 4) is 11.4 Å². The molecule has 1 saturated heterocycles. The summed E-state index contributed by atoms with van der Waals surface area (Å²) in [5, 5.41) is 13.0. The van der Waals surface area contributed by atoms with E-state index in [2.05, 4.69) is 68.5 Å². The van der Waals surface area contributed by atoms with E-state index in [1.807, 2.05) is 19.9 Å². The van der Waals surface area contributed by atoms with Crippen LogP contribution in [0.1, 0.15) is 65.1 Å². The minimum absolute atomic E-state index is 0.0450. The van der Waals surface area contributed by atoms with Crippen molar-refractivity contribution in [2.75, 3.05) is 18.0 Å². The van der Waals surface area contributed by atoms with Gasteiger partial charge in [0, 0.05) is 49.8 Å². The highest BCUT2D eigenvalue weighted by Crippen LogP contribution is 2.55. The molecule has 5 rings (SSSR count). The van der Waals surface area contributed by atoms with E-state index in [9.17, 15) is 4.79 Å². The minimum Gasteiger partial charge on any atom is -0.371 e. The van der Waals surface area contributed by atoms with E-state index in [1.54, 1.807) is 6.92 Å². The summed E-state index contributed by atoms with van der Waals surface area (Å²) in [6.07, 6.45) is 15.4. The normalized spacial score (nSPS) is 21.2. The molecule has 1 aliphatic heterocycles. The van der Waals surface area contributed by atoms with Crippen LogP contribution < -0.4 is 10.2 Å². The molecule has 1 atom stereocenters. The Bertz CT molecular complexity index is 1090. The number of nitrogens with one attached hydrogen (secondary N) is 1. The Labute approximate surface area is 214 Å². The minimum atomic E-state index is 0.0450. The van der Waals surface area contributed by atoms with Crippen molar-refractivity contribution in [1.82, 2.24) is 20.1 Å². The van der Waals surface area contributed by atoms with Crippen molar-refractivity contribution in [3.63, 3.8) is 0 Å². The number of rotatable bonds is 5. The molecule has 3 aliphatic rings. The number of benzene rings is 1. The number of hydrogen-bond acceptors (Lipinski definition) is 4. The zero-order chi connectivity index (χ0) is 25.0. The summed E-state index contributed by atoms with van der Waals surface area (Å²) in [5.74, 6) is 2.45. The van der Waals surface area contributed by atoms with Gasteiger partial charge in [-0.15, -0.1) is 10.2 Å². The van der Waals surface area contributed by atoms with E-state index in [4.69, 9.17) is 11.6 Å². The summed E-state index contributed by atoms with van der Waals surface area (Å²) in [6, 6.07) is 6.50. The second-order valence-corrected chi connectivity index (χ2v) is 10.1. The predicted molar refractivity (Wildman–Crippen MR) is 144 cm³/mol. The Morgan fingerprint density at radius 3 is 2.51 bits per heavy atom. The third-order valence-corrected chi connectivity index (χ3v) is 7.83. The van der Waals surface area contributed by atoms with Gasteiger partial charge in [-0.05, 0) is 62.6 Å². The number of allylic oxidation sites excluding steroid dienone is 4. The summed E-state index contributed by atoms with van der Waals surface area (Å²) in [5.41, 5.74) is 2.14. The van der Waals surface area contributed by atoms with Crippen LogP contribution in [-0.2, 0) is 17.3 Å². The molecule has 35 heavy (non-hydrogen) atoms. The van der Waals surface area contributed by atoms with Crippen LogP contribution in [0.3, 0.4) is 0 Å². The highest BCUT2D eigenvalue weighted by Gasteiger charge is 2.53. The van der Waals surface area contributed by atoms with Gasteiger partial charge in [0.15, 0.2) is 5.82 Å². The van der Waals surface area contributed by atoms with Crippen molar-refractivity contribution < 1.29 is 4.79 Å². The van der Waals surface area contributed by atoms with Gasteiger partial charge in [0.05, 0.1) is 5.02 Å². The summed E-state index contributed by atoms with van der Waals surface area (Å²) >= 11 is 6.78. The van der Waals surface area contributed by atoms with Gasteiger partial charge in [-0.3, -0.25) is 4.79 Å². The number of hydrogen-bond donors (Lipinski definition) is 1. The molecule has 1 unspecified atom stereocenters. The Kier molecular flexibility index (Phi) is 8.00. The first-order valence-corrected chi connectivity index (χ1v) is 13.4. The van der Waals surface area contributed by atoms with Crippen LogP contribution >= 0.6 is 11.6 Å². The number of aromatic nitrogens is 3. The zero-order valence-corrected chi connectivity index (χ0v) is 22.2. The van der Waals surface area contributed by atoms with E-state index in [0.717, 1.165) is 74.5 Å². The van der Waals surface area contributed by atoms with Crippen LogP contribution in [0, 0.1) is 5.92 Å². The smallest absolute Gasteiger partial charge is 0.217 e. The maximum atomic E-state index is 11.3. The number of amides is 1. The number of carbonyl (C=O) groups excluding carboxylic acids is 1. The summed E-state index contributed by atoms with van der Waals surface area (Å²) in [7, 11) is 2.07. The standard InChI is InChI=1S/C26H32ClN5O.C2H6/c1-18(33)28-20-11-15-32(16-12-20)21-9-10-22(23(27)17-21)24-29-30-25(31(24)2)26(13-14-26)19-7-5-3-4-6-8-19;1-2/h3-5,7,9-10,17,19-20H,6,8,11-16H2,1-2H3,(H,28,33);1-2H3. The first-order valence-electron chi connectivity index (χ1n) is 13.0. The molecule has 1 aromatic heterocycles. The number of halogens is 1. The molecule has 0 spiro atoms. The second-order valence-electron chi connectivity index (χ2n) is 9.69. The fraction of sp³-hybridized carbons (Fsp3) is 0.536. The zero-order valence-electron chi connectivity index (χ0n) is 21.4. The van der Waals surface area contributed by atoms with Crippen molar-refractivity contribution >= 4 is 23.2 Å². The molecule has 6 nitrogen and oxygen atoms in total. The van der Waals surface area contributed by atoms with Crippen molar-refractivity contribution in [1.29, 1.82) is 0 Å². The first-order chi connectivity index (χ1) is 17.0. The Hall–Kier alpha value is -2.60. The summed E-state index contributed by atoms with van der Waals surface area (Å²) < 4.78 is 2.15. The average molecular weight is 496 g/mol. The molecule has 2 fully saturated rings. The molecule has 2 aliphatic carbocycles. The van der Waals surface area contributed by atoms with Gasteiger partial charge in [0.1, 0.15) is 5.82 Å². The molecule has 7 heteroatoms. The largest absolute Gasteiger partial charge is 0.371 e. The molecule has 2 heterocycles. The van der Waals surface area contributed by atoms with E-state index in [-0.39, 0.29) is 17.4 Å². The van der Waals surface area contributed by atoms with Crippen molar-refractivity contribution in [2.45, 2.75) is 70.8 Å². The molecule has 2 aromatic rings. The lowest BCUT2D eigenvalue weighted by atomic mass is 9.84. The maximum absolute atomic E-state index is 11.3. The summed E-state index contributed by atoms with van der Waals surface area (Å²) in [4.78, 5) is 13.7. The van der Waals surface area contributed by atoms with Crippen LogP contribution in [0.5, 0.6) is 0 Å². The number of carbonyl (C=O) groups is 1. The topological polar surface area (TPSA) is 63.1 Å². The van der Waals surface area contributed by atoms with Gasteiger partial charge in [0.25, 0.3) is 0 Å². The molecule has 1 saturated carbocycles. The predicted octanol–water partition coefficient (Wildman–Crippen LogP) is 5.82. The Balaban J connectivity index is 0.00000141. The molecule has 0 bridgehead atoms. The lowest BCUT2D eigenvalue weighted by Gasteiger charge is -2.34. The van der Waals surface area contributed by atoms with Gasteiger partial charge >= 0.3 is 0 Å². The third kappa shape index (κ3) is 5.32. The van der Waals surface area contributed by atoms with Crippen molar-refractivity contribution in [2.24, 2.45) is 13.0 Å². The SMILES string of the molecule is CC.CC(=O)NC1CCN(c2ccc(-c3nnc(C4(C5C=CC=CCC5)CC4)n3C)c(Cl)c2)CC1. The molecule has 0 radical (unpaired) electrons. The molecule has 1 N–H and O–H groups in total. The van der Waals surface area contributed by atoms with Gasteiger partial charge in [-0.1, -0.05) is 49.8 Å². The molecule has 1 amide bonds. The van der Waals surface area contributed by atoms with Crippen molar-refractivity contribution in [3.05, 3.63) is 53.4 Å². The molecule has 1 aromatic carbocycles. The Morgan fingerprint density at radius 1 is 1.11 bits per heavy atom. The van der Waals surface area contributed by atoms with Crippen LogP contribution in [0.4, 0.5) is 5.69 Å². The highest BCUT2D eigenvalue weighted by molar-refractivity contribution is 6.33. The number of piperidine rings is 1. The average Bonchev–Trinajstić information content (AvgIpc) is 3.62. The monoisotopic (exact) mass is 495 g/mol. The van der Waals surface area contributed by atoms with Gasteiger partial charge in [-0.2, -0.15) is 0 Å². The fourth-order valence-corrected chi connectivity index (χ4v) is 5.81.